The van der Waals surface area contributed by atoms with E-state index in [9.17, 15) is 9.59 Å². The number of fused-ring (bicyclic) bond motifs is 1. The van der Waals surface area contributed by atoms with Crippen molar-refractivity contribution in [3.05, 3.63) is 60.3 Å². The van der Waals surface area contributed by atoms with Crippen molar-refractivity contribution >= 4 is 22.9 Å². The predicted molar refractivity (Wildman–Crippen MR) is 80.4 cm³/mol. The Kier molecular flexibility index (Phi) is 4.28. The highest BCUT2D eigenvalue weighted by Crippen LogP contribution is 2.09. The molecule has 1 aromatic carbocycles. The fraction of sp³-hybridized carbons (Fsp3) is 0.125. The summed E-state index contributed by atoms with van der Waals surface area (Å²) in [5.41, 5.74) is 1.33. The van der Waals surface area contributed by atoms with E-state index in [-0.39, 0.29) is 12.2 Å². The maximum Gasteiger partial charge on any atom is 0.359 e. The van der Waals surface area contributed by atoms with E-state index < -0.39 is 18.5 Å². The molecule has 7 heteroatoms. The molecule has 0 saturated heterocycles. The van der Waals surface area contributed by atoms with Crippen molar-refractivity contribution < 1.29 is 18.7 Å². The van der Waals surface area contributed by atoms with Gasteiger partial charge >= 0.3 is 5.97 Å². The molecule has 1 N–H and O–H groups in total. The molecule has 0 aliphatic carbocycles. The SMILES string of the molecule is O=C(COC(=O)c1cnc2ccccc2n1)NCc1ccco1. The van der Waals surface area contributed by atoms with Crippen molar-refractivity contribution in [3.63, 3.8) is 0 Å². The van der Waals surface area contributed by atoms with Crippen LogP contribution in [0.1, 0.15) is 16.2 Å². The van der Waals surface area contributed by atoms with Crippen molar-refractivity contribution in [1.29, 1.82) is 0 Å². The van der Waals surface area contributed by atoms with E-state index in [0.717, 1.165) is 0 Å². The summed E-state index contributed by atoms with van der Waals surface area (Å²) in [6, 6.07) is 10.6. The second-order valence-electron chi connectivity index (χ2n) is 4.68. The minimum Gasteiger partial charge on any atom is -0.467 e. The van der Waals surface area contributed by atoms with Gasteiger partial charge in [-0.15, -0.1) is 0 Å². The molecule has 116 valence electrons. The molecule has 2 aromatic heterocycles. The zero-order valence-corrected chi connectivity index (χ0v) is 12.1. The fourth-order valence-electron chi connectivity index (χ4n) is 1.91. The van der Waals surface area contributed by atoms with Crippen LogP contribution in [0.3, 0.4) is 0 Å². The number of carbonyl (C=O) groups is 2. The van der Waals surface area contributed by atoms with Crippen LogP contribution in [0, 0.1) is 0 Å². The van der Waals surface area contributed by atoms with Gasteiger partial charge in [-0.05, 0) is 24.3 Å². The van der Waals surface area contributed by atoms with Gasteiger partial charge in [0.2, 0.25) is 0 Å². The Balaban J connectivity index is 1.54. The van der Waals surface area contributed by atoms with Gasteiger partial charge in [0.15, 0.2) is 12.3 Å². The van der Waals surface area contributed by atoms with Crippen molar-refractivity contribution in [2.45, 2.75) is 6.54 Å². The molecule has 1 amide bonds. The zero-order valence-electron chi connectivity index (χ0n) is 12.1. The van der Waals surface area contributed by atoms with Crippen molar-refractivity contribution in [2.75, 3.05) is 6.61 Å². The number of hydrogen-bond donors (Lipinski definition) is 1. The number of rotatable bonds is 5. The third-order valence-electron chi connectivity index (χ3n) is 3.03. The second-order valence-corrected chi connectivity index (χ2v) is 4.68. The molecule has 0 unspecified atom stereocenters. The van der Waals surface area contributed by atoms with Gasteiger partial charge in [-0.1, -0.05) is 12.1 Å². The summed E-state index contributed by atoms with van der Waals surface area (Å²) in [5.74, 6) is -0.509. The minimum atomic E-state index is -0.698. The molecule has 0 radical (unpaired) electrons. The molecule has 23 heavy (non-hydrogen) atoms. The highest BCUT2D eigenvalue weighted by Gasteiger charge is 2.13. The lowest BCUT2D eigenvalue weighted by Crippen LogP contribution is -2.28. The van der Waals surface area contributed by atoms with Crippen molar-refractivity contribution in [3.8, 4) is 0 Å². The Bertz CT molecular complexity index is 830. The van der Waals surface area contributed by atoms with Crippen LogP contribution >= 0.6 is 0 Å². The summed E-state index contributed by atoms with van der Waals surface area (Å²) in [6.45, 7) is -0.160. The molecule has 0 bridgehead atoms. The van der Waals surface area contributed by atoms with Crippen LogP contribution in [0.15, 0.2) is 53.3 Å². The quantitative estimate of drug-likeness (QED) is 0.721. The molecular formula is C16H13N3O4. The maximum absolute atomic E-state index is 11.9. The Labute approximate surface area is 131 Å². The number of nitrogens with one attached hydrogen (secondary N) is 1. The van der Waals surface area contributed by atoms with E-state index in [1.165, 1.54) is 12.5 Å². The first-order chi connectivity index (χ1) is 11.2. The average Bonchev–Trinajstić information content (AvgIpc) is 3.11. The van der Waals surface area contributed by atoms with Gasteiger partial charge in [0, 0.05) is 0 Å². The molecule has 0 spiro atoms. The van der Waals surface area contributed by atoms with Gasteiger partial charge in [-0.25, -0.2) is 9.78 Å². The molecule has 2 heterocycles. The topological polar surface area (TPSA) is 94.3 Å². The largest absolute Gasteiger partial charge is 0.467 e. The standard InChI is InChI=1S/C16H13N3O4/c20-15(18-8-11-4-3-7-22-11)10-23-16(21)14-9-17-12-5-1-2-6-13(12)19-14/h1-7,9H,8,10H2,(H,18,20). The average molecular weight is 311 g/mol. The summed E-state index contributed by atoms with van der Waals surface area (Å²) >= 11 is 0. The van der Waals surface area contributed by atoms with Gasteiger partial charge in [0.05, 0.1) is 30.0 Å². The number of esters is 1. The minimum absolute atomic E-state index is 0.0579. The summed E-state index contributed by atoms with van der Waals surface area (Å²) in [5, 5.41) is 2.58. The molecular weight excluding hydrogens is 298 g/mol. The molecule has 0 aliphatic rings. The molecule has 3 aromatic rings. The smallest absolute Gasteiger partial charge is 0.359 e. The van der Waals surface area contributed by atoms with Crippen molar-refractivity contribution in [1.82, 2.24) is 15.3 Å². The first-order valence-corrected chi connectivity index (χ1v) is 6.90. The molecule has 0 saturated carbocycles. The third kappa shape index (κ3) is 3.70. The van der Waals surface area contributed by atoms with Crippen LogP contribution in [0.2, 0.25) is 0 Å². The lowest BCUT2D eigenvalue weighted by Gasteiger charge is -2.05. The Morgan fingerprint density at radius 2 is 1.96 bits per heavy atom. The molecule has 0 atom stereocenters. The van der Waals surface area contributed by atoms with Crippen LogP contribution in [0.5, 0.6) is 0 Å². The predicted octanol–water partition coefficient (Wildman–Crippen LogP) is 1.70. The van der Waals surface area contributed by atoms with E-state index in [0.29, 0.717) is 16.8 Å². The number of benzene rings is 1. The highest BCUT2D eigenvalue weighted by molar-refractivity contribution is 5.91. The number of aromatic nitrogens is 2. The number of furan rings is 1. The van der Waals surface area contributed by atoms with Gasteiger partial charge in [0.25, 0.3) is 5.91 Å². The molecule has 7 nitrogen and oxygen atoms in total. The van der Waals surface area contributed by atoms with Crippen LogP contribution in [-0.2, 0) is 16.1 Å². The van der Waals surface area contributed by atoms with E-state index in [2.05, 4.69) is 15.3 Å². The van der Waals surface area contributed by atoms with E-state index in [1.807, 2.05) is 6.07 Å². The number of nitrogens with zero attached hydrogens (tertiary/aromatic N) is 2. The summed E-state index contributed by atoms with van der Waals surface area (Å²) in [6.07, 6.45) is 2.84. The van der Waals surface area contributed by atoms with Crippen molar-refractivity contribution in [2.24, 2.45) is 0 Å². The van der Waals surface area contributed by atoms with E-state index in [4.69, 9.17) is 9.15 Å². The van der Waals surface area contributed by atoms with Gasteiger partial charge < -0.3 is 14.5 Å². The van der Waals surface area contributed by atoms with Gasteiger partial charge in [-0.3, -0.25) is 9.78 Å². The lowest BCUT2D eigenvalue weighted by molar-refractivity contribution is -0.124. The third-order valence-corrected chi connectivity index (χ3v) is 3.03. The number of para-hydroxylation sites is 2. The zero-order chi connectivity index (χ0) is 16.1. The van der Waals surface area contributed by atoms with E-state index in [1.54, 1.807) is 30.3 Å². The van der Waals surface area contributed by atoms with Crippen LogP contribution in [0.4, 0.5) is 0 Å². The van der Waals surface area contributed by atoms with Gasteiger partial charge in [0.1, 0.15) is 5.76 Å². The first-order valence-electron chi connectivity index (χ1n) is 6.90. The number of ether oxygens (including phenoxy) is 1. The van der Waals surface area contributed by atoms with E-state index >= 15 is 0 Å². The second kappa shape index (κ2) is 6.69. The summed E-state index contributed by atoms with van der Waals surface area (Å²) < 4.78 is 10.0. The molecule has 0 fully saturated rings. The van der Waals surface area contributed by atoms with Gasteiger partial charge in [-0.2, -0.15) is 0 Å². The Morgan fingerprint density at radius 1 is 1.13 bits per heavy atom. The summed E-state index contributed by atoms with van der Waals surface area (Å²) in [4.78, 5) is 31.8. The maximum atomic E-state index is 11.9. The normalized spacial score (nSPS) is 10.4. The number of carbonyl (C=O) groups excluding carboxylic acids is 2. The Hall–Kier alpha value is -3.22. The lowest BCUT2D eigenvalue weighted by atomic mass is 10.3. The molecule has 0 aliphatic heterocycles. The highest BCUT2D eigenvalue weighted by atomic mass is 16.5. The Morgan fingerprint density at radius 3 is 2.74 bits per heavy atom. The van der Waals surface area contributed by atoms with Crippen LogP contribution < -0.4 is 5.32 Å². The number of amides is 1. The summed E-state index contributed by atoms with van der Waals surface area (Å²) in [7, 11) is 0. The fourth-order valence-corrected chi connectivity index (χ4v) is 1.91. The van der Waals surface area contributed by atoms with Crippen LogP contribution in [0.25, 0.3) is 11.0 Å². The van der Waals surface area contributed by atoms with Crippen LogP contribution in [-0.4, -0.2) is 28.5 Å². The number of hydrogen-bond acceptors (Lipinski definition) is 6. The molecule has 3 rings (SSSR count). The monoisotopic (exact) mass is 311 g/mol. The first kappa shape index (κ1) is 14.7.